The molecule has 1 saturated heterocycles. The summed E-state index contributed by atoms with van der Waals surface area (Å²) in [6.45, 7) is 3.74. The molecule has 1 aliphatic heterocycles. The van der Waals surface area contributed by atoms with Crippen molar-refractivity contribution in [2.75, 3.05) is 36.8 Å². The van der Waals surface area contributed by atoms with Crippen LogP contribution in [-0.4, -0.2) is 67.4 Å². The Balaban J connectivity index is 1.63. The van der Waals surface area contributed by atoms with Crippen LogP contribution in [0.15, 0.2) is 54.6 Å². The summed E-state index contributed by atoms with van der Waals surface area (Å²) in [6, 6.07) is 16.4. The van der Waals surface area contributed by atoms with Gasteiger partial charge < -0.3 is 4.90 Å². The molecule has 0 radical (unpaired) electrons. The summed E-state index contributed by atoms with van der Waals surface area (Å²) in [7, 11) is -3.66. The van der Waals surface area contributed by atoms with Crippen LogP contribution in [0.3, 0.4) is 0 Å². The maximum absolute atomic E-state index is 13.1. The SMILES string of the molecule is C#Cc1ccc(N2CCN(S(=O)(=O)CC(C[C@H](C)c3ccccc3)N(O)C=O)CC2)cc1. The molecule has 32 heavy (non-hydrogen) atoms. The Hall–Kier alpha value is -2.86. The number of anilines is 1. The highest BCUT2D eigenvalue weighted by Crippen LogP contribution is 2.24. The molecule has 8 heteroatoms. The van der Waals surface area contributed by atoms with Crippen molar-refractivity contribution in [3.63, 3.8) is 0 Å². The number of sulfonamides is 1. The van der Waals surface area contributed by atoms with Crippen LogP contribution in [0.4, 0.5) is 5.69 Å². The monoisotopic (exact) mass is 455 g/mol. The summed E-state index contributed by atoms with van der Waals surface area (Å²) in [4.78, 5) is 13.3. The molecule has 1 unspecified atom stereocenters. The second-order valence-corrected chi connectivity index (χ2v) is 10.1. The van der Waals surface area contributed by atoms with Gasteiger partial charge in [-0.05, 0) is 42.2 Å². The van der Waals surface area contributed by atoms with Crippen molar-refractivity contribution in [1.29, 1.82) is 0 Å². The Morgan fingerprint density at radius 1 is 1.09 bits per heavy atom. The molecule has 170 valence electrons. The van der Waals surface area contributed by atoms with E-state index >= 15 is 0 Å². The Labute approximate surface area is 190 Å². The molecular weight excluding hydrogens is 426 g/mol. The Bertz CT molecular complexity index is 1030. The van der Waals surface area contributed by atoms with Gasteiger partial charge in [0.15, 0.2) is 0 Å². The van der Waals surface area contributed by atoms with Crippen molar-refractivity contribution in [1.82, 2.24) is 9.37 Å². The third-order valence-electron chi connectivity index (χ3n) is 5.91. The lowest BCUT2D eigenvalue weighted by molar-refractivity contribution is -0.159. The largest absolute Gasteiger partial charge is 0.369 e. The number of carbonyl (C=O) groups is 1. The Kier molecular flexibility index (Phi) is 7.91. The molecular formula is C24H29N3O4S. The van der Waals surface area contributed by atoms with Gasteiger partial charge in [-0.1, -0.05) is 43.2 Å². The number of nitrogens with zero attached hydrogens (tertiary/aromatic N) is 3. The van der Waals surface area contributed by atoms with Crippen LogP contribution in [0, 0.1) is 12.3 Å². The van der Waals surface area contributed by atoms with E-state index in [0.29, 0.717) is 37.7 Å². The van der Waals surface area contributed by atoms with Gasteiger partial charge in [-0.25, -0.2) is 13.5 Å². The number of rotatable bonds is 9. The van der Waals surface area contributed by atoms with Crippen molar-refractivity contribution >= 4 is 22.1 Å². The van der Waals surface area contributed by atoms with Crippen LogP contribution in [0.2, 0.25) is 0 Å². The highest BCUT2D eigenvalue weighted by Gasteiger charge is 2.32. The number of carbonyl (C=O) groups excluding carboxylic acids is 1. The number of hydrogen-bond acceptors (Lipinski definition) is 5. The fraction of sp³-hybridized carbons (Fsp3) is 0.375. The summed E-state index contributed by atoms with van der Waals surface area (Å²) >= 11 is 0. The highest BCUT2D eigenvalue weighted by molar-refractivity contribution is 7.89. The minimum absolute atomic E-state index is 0.0196. The Morgan fingerprint density at radius 3 is 2.28 bits per heavy atom. The van der Waals surface area contributed by atoms with E-state index in [-0.39, 0.29) is 18.1 Å². The number of hydroxylamine groups is 2. The highest BCUT2D eigenvalue weighted by atomic mass is 32.2. The molecule has 2 atom stereocenters. The Morgan fingerprint density at radius 2 is 1.72 bits per heavy atom. The van der Waals surface area contributed by atoms with Crippen molar-refractivity contribution in [3.8, 4) is 12.3 Å². The maximum Gasteiger partial charge on any atom is 0.233 e. The van der Waals surface area contributed by atoms with Gasteiger partial charge in [0.2, 0.25) is 16.4 Å². The molecule has 0 aliphatic carbocycles. The zero-order chi connectivity index (χ0) is 23.1. The van der Waals surface area contributed by atoms with Crippen LogP contribution in [0.25, 0.3) is 0 Å². The van der Waals surface area contributed by atoms with Crippen molar-refractivity contribution < 1.29 is 18.4 Å². The second kappa shape index (κ2) is 10.6. The first-order chi connectivity index (χ1) is 15.3. The summed E-state index contributed by atoms with van der Waals surface area (Å²) in [5, 5.41) is 10.6. The van der Waals surface area contributed by atoms with Crippen LogP contribution in [-0.2, 0) is 14.8 Å². The first-order valence-corrected chi connectivity index (χ1v) is 12.2. The van der Waals surface area contributed by atoms with Gasteiger partial charge in [-0.15, -0.1) is 6.42 Å². The minimum atomic E-state index is -3.66. The lowest BCUT2D eigenvalue weighted by atomic mass is 9.94. The zero-order valence-electron chi connectivity index (χ0n) is 18.2. The van der Waals surface area contributed by atoms with Crippen LogP contribution >= 0.6 is 0 Å². The fourth-order valence-corrected chi connectivity index (χ4v) is 5.71. The molecule has 1 fully saturated rings. The van der Waals surface area contributed by atoms with E-state index < -0.39 is 16.1 Å². The average molecular weight is 456 g/mol. The molecule has 2 aromatic carbocycles. The van der Waals surface area contributed by atoms with E-state index in [2.05, 4.69) is 10.8 Å². The summed E-state index contributed by atoms with van der Waals surface area (Å²) in [5.41, 5.74) is 2.83. The molecule has 0 saturated carbocycles. The van der Waals surface area contributed by atoms with Crippen molar-refractivity contribution in [3.05, 3.63) is 65.7 Å². The van der Waals surface area contributed by atoms with Gasteiger partial charge in [0, 0.05) is 37.4 Å². The van der Waals surface area contributed by atoms with Crippen molar-refractivity contribution in [2.45, 2.75) is 25.3 Å². The van der Waals surface area contributed by atoms with E-state index in [1.54, 1.807) is 0 Å². The standard InChI is InChI=1S/C24H29N3O4S/c1-3-21-9-11-23(12-10-21)25-13-15-26(16-14-25)32(30,31)18-24(27(29)19-28)17-20(2)22-7-5-4-6-8-22/h1,4-12,19-20,24,29H,13-18H2,2H3/t20-,24?/m0/s1. The lowest BCUT2D eigenvalue weighted by Crippen LogP contribution is -2.51. The molecule has 0 bridgehead atoms. The number of terminal acetylenes is 1. The molecule has 1 amide bonds. The molecule has 1 N–H and O–H groups in total. The van der Waals surface area contributed by atoms with Gasteiger partial charge in [0.1, 0.15) is 0 Å². The van der Waals surface area contributed by atoms with Gasteiger partial charge in [0.05, 0.1) is 11.8 Å². The lowest BCUT2D eigenvalue weighted by Gasteiger charge is -2.36. The van der Waals surface area contributed by atoms with E-state index in [4.69, 9.17) is 6.42 Å². The topological polar surface area (TPSA) is 81.2 Å². The number of piperazine rings is 1. The maximum atomic E-state index is 13.1. The average Bonchev–Trinajstić information content (AvgIpc) is 2.83. The first kappa shape index (κ1) is 23.8. The second-order valence-electron chi connectivity index (χ2n) is 8.04. The van der Waals surface area contributed by atoms with E-state index in [9.17, 15) is 18.4 Å². The van der Waals surface area contributed by atoms with Crippen LogP contribution in [0.5, 0.6) is 0 Å². The molecule has 0 aromatic heterocycles. The number of hydrogen-bond donors (Lipinski definition) is 1. The zero-order valence-corrected chi connectivity index (χ0v) is 19.0. The van der Waals surface area contributed by atoms with Crippen molar-refractivity contribution in [2.24, 2.45) is 0 Å². The fourth-order valence-electron chi connectivity index (χ4n) is 4.01. The summed E-state index contributed by atoms with van der Waals surface area (Å²) < 4.78 is 27.6. The molecule has 3 rings (SSSR count). The number of amides is 1. The molecule has 7 nitrogen and oxygen atoms in total. The van der Waals surface area contributed by atoms with E-state index in [1.165, 1.54) is 4.31 Å². The summed E-state index contributed by atoms with van der Waals surface area (Å²) in [5.74, 6) is 2.24. The molecule has 0 spiro atoms. The summed E-state index contributed by atoms with van der Waals surface area (Å²) in [6.07, 6.45) is 6.01. The van der Waals surface area contributed by atoms with E-state index in [0.717, 1.165) is 16.8 Å². The van der Waals surface area contributed by atoms with E-state index in [1.807, 2.05) is 61.5 Å². The van der Waals surface area contributed by atoms with Crippen LogP contribution < -0.4 is 4.90 Å². The van der Waals surface area contributed by atoms with Gasteiger partial charge >= 0.3 is 0 Å². The smallest absolute Gasteiger partial charge is 0.233 e. The third kappa shape index (κ3) is 5.88. The van der Waals surface area contributed by atoms with Gasteiger partial charge in [-0.2, -0.15) is 4.31 Å². The van der Waals surface area contributed by atoms with Crippen LogP contribution in [0.1, 0.15) is 30.4 Å². The predicted octanol–water partition coefficient (Wildman–Crippen LogP) is 2.53. The predicted molar refractivity (Wildman–Crippen MR) is 125 cm³/mol. The third-order valence-corrected chi connectivity index (χ3v) is 7.87. The van der Waals surface area contributed by atoms with Gasteiger partial charge in [0.25, 0.3) is 0 Å². The molecule has 1 heterocycles. The quantitative estimate of drug-likeness (QED) is 0.272. The first-order valence-electron chi connectivity index (χ1n) is 10.6. The number of benzene rings is 2. The minimum Gasteiger partial charge on any atom is -0.369 e. The molecule has 2 aromatic rings. The normalized spacial score (nSPS) is 16.7. The van der Waals surface area contributed by atoms with Gasteiger partial charge in [-0.3, -0.25) is 10.0 Å². The molecule has 1 aliphatic rings.